The van der Waals surface area contributed by atoms with Gasteiger partial charge in [-0.3, -0.25) is 14.6 Å². The van der Waals surface area contributed by atoms with E-state index in [1.54, 1.807) is 25.4 Å². The van der Waals surface area contributed by atoms with Crippen molar-refractivity contribution >= 4 is 23.5 Å². The topological polar surface area (TPSA) is 94.6 Å². The summed E-state index contributed by atoms with van der Waals surface area (Å²) in [7, 11) is 0. The van der Waals surface area contributed by atoms with Gasteiger partial charge < -0.3 is 20.4 Å². The van der Waals surface area contributed by atoms with Crippen LogP contribution in [0.2, 0.25) is 0 Å². The lowest BCUT2D eigenvalue weighted by atomic mass is 9.65. The summed E-state index contributed by atoms with van der Waals surface area (Å²) in [5.41, 5.74) is 0.193. The number of carbonyl (C=O) groups excluding carboxylic acids is 3. The van der Waals surface area contributed by atoms with Crippen LogP contribution in [0.15, 0.2) is 24.5 Å². The van der Waals surface area contributed by atoms with Gasteiger partial charge in [0, 0.05) is 45.8 Å². The van der Waals surface area contributed by atoms with E-state index in [1.807, 2.05) is 15.9 Å². The summed E-state index contributed by atoms with van der Waals surface area (Å²) < 4.78 is 0. The third kappa shape index (κ3) is 4.07. The van der Waals surface area contributed by atoms with E-state index in [0.717, 1.165) is 25.7 Å². The molecule has 3 fully saturated rings. The number of hydrogen-bond acceptors (Lipinski definition) is 4. The SMILES string of the molecule is CC(=O)N1C[C@H]2C3(CCN(C(=O)Nc4cccnc4)CC3)CC[C@@]2(C(=O)NCC(C)C)C1. The van der Waals surface area contributed by atoms with Gasteiger partial charge in [0.25, 0.3) is 0 Å². The Hall–Kier alpha value is -2.64. The lowest BCUT2D eigenvalue weighted by Gasteiger charge is -2.44. The maximum atomic E-state index is 13.4. The monoisotopic (exact) mass is 441 g/mol. The van der Waals surface area contributed by atoms with E-state index in [4.69, 9.17) is 0 Å². The molecule has 2 N–H and O–H groups in total. The van der Waals surface area contributed by atoms with Gasteiger partial charge in [-0.1, -0.05) is 13.8 Å². The second kappa shape index (κ2) is 8.71. The second-order valence-electron chi connectivity index (χ2n) is 10.2. The Morgan fingerprint density at radius 2 is 1.91 bits per heavy atom. The van der Waals surface area contributed by atoms with Gasteiger partial charge in [0.05, 0.1) is 17.3 Å². The first kappa shape index (κ1) is 22.6. The quantitative estimate of drug-likeness (QED) is 0.751. The van der Waals surface area contributed by atoms with Gasteiger partial charge in [-0.2, -0.15) is 0 Å². The van der Waals surface area contributed by atoms with Gasteiger partial charge in [0.15, 0.2) is 0 Å². The predicted octanol–water partition coefficient (Wildman–Crippen LogP) is 2.73. The Labute approximate surface area is 190 Å². The number of nitrogens with one attached hydrogen (secondary N) is 2. The number of piperidine rings is 1. The number of amides is 4. The number of aromatic nitrogens is 1. The van der Waals surface area contributed by atoms with Crippen LogP contribution in [0.5, 0.6) is 0 Å². The van der Waals surface area contributed by atoms with Crippen LogP contribution in [0.4, 0.5) is 10.5 Å². The largest absolute Gasteiger partial charge is 0.355 e. The van der Waals surface area contributed by atoms with Crippen molar-refractivity contribution in [2.24, 2.45) is 22.7 Å². The van der Waals surface area contributed by atoms with Gasteiger partial charge in [-0.15, -0.1) is 0 Å². The summed E-state index contributed by atoms with van der Waals surface area (Å²) in [6, 6.07) is 3.51. The van der Waals surface area contributed by atoms with E-state index in [0.29, 0.717) is 44.3 Å². The number of pyridine rings is 1. The molecule has 1 spiro atoms. The van der Waals surface area contributed by atoms with Crippen LogP contribution in [0.3, 0.4) is 0 Å². The highest BCUT2D eigenvalue weighted by atomic mass is 16.2. The van der Waals surface area contributed by atoms with Crippen LogP contribution in [0.25, 0.3) is 0 Å². The number of nitrogens with zero attached hydrogens (tertiary/aromatic N) is 3. The highest BCUT2D eigenvalue weighted by Gasteiger charge is 2.64. The van der Waals surface area contributed by atoms with E-state index >= 15 is 0 Å². The molecule has 2 aliphatic heterocycles. The first-order chi connectivity index (χ1) is 15.3. The first-order valence-corrected chi connectivity index (χ1v) is 11.8. The molecule has 32 heavy (non-hydrogen) atoms. The summed E-state index contributed by atoms with van der Waals surface area (Å²) in [6.45, 7) is 8.92. The molecular weight excluding hydrogens is 406 g/mol. The molecule has 2 saturated heterocycles. The molecule has 174 valence electrons. The molecule has 0 aromatic carbocycles. The standard InChI is InChI=1S/C24H35N5O3/c1-17(2)13-26-21(31)24-7-6-23(20(24)15-29(16-24)18(3)30)8-11-28(12-9-23)22(32)27-19-5-4-10-25-14-19/h4-5,10,14,17,20H,6-9,11-13,15-16H2,1-3H3,(H,26,31)(H,27,32)/t20-,24+/m0/s1. The zero-order chi connectivity index (χ0) is 22.9. The average molecular weight is 442 g/mol. The molecule has 0 radical (unpaired) electrons. The summed E-state index contributed by atoms with van der Waals surface area (Å²) >= 11 is 0. The number of carbonyl (C=O) groups is 3. The van der Waals surface area contributed by atoms with Crippen LogP contribution in [0.1, 0.15) is 46.5 Å². The third-order valence-electron chi connectivity index (χ3n) is 7.88. The van der Waals surface area contributed by atoms with Crippen LogP contribution in [0, 0.1) is 22.7 Å². The lowest BCUT2D eigenvalue weighted by Crippen LogP contribution is -2.50. The molecule has 3 aliphatic rings. The fourth-order valence-corrected chi connectivity index (χ4v) is 6.04. The summed E-state index contributed by atoms with van der Waals surface area (Å²) in [4.78, 5) is 46.1. The minimum Gasteiger partial charge on any atom is -0.355 e. The smallest absolute Gasteiger partial charge is 0.321 e. The number of likely N-dealkylation sites (tertiary alicyclic amines) is 2. The Morgan fingerprint density at radius 1 is 1.16 bits per heavy atom. The molecule has 1 aliphatic carbocycles. The van der Waals surface area contributed by atoms with Crippen LogP contribution in [-0.4, -0.2) is 65.4 Å². The maximum absolute atomic E-state index is 13.4. The molecule has 3 heterocycles. The van der Waals surface area contributed by atoms with Crippen molar-refractivity contribution in [3.8, 4) is 0 Å². The molecule has 2 atom stereocenters. The van der Waals surface area contributed by atoms with Crippen molar-refractivity contribution in [2.75, 3.05) is 38.0 Å². The Kier molecular flexibility index (Phi) is 6.14. The molecule has 1 saturated carbocycles. The molecule has 4 rings (SSSR count). The summed E-state index contributed by atoms with van der Waals surface area (Å²) in [5.74, 6) is 0.679. The molecule has 0 unspecified atom stereocenters. The number of rotatable bonds is 4. The van der Waals surface area contributed by atoms with Gasteiger partial charge in [0.1, 0.15) is 0 Å². The van der Waals surface area contributed by atoms with E-state index in [-0.39, 0.29) is 29.2 Å². The summed E-state index contributed by atoms with van der Waals surface area (Å²) in [6.07, 6.45) is 6.84. The molecule has 1 aromatic rings. The van der Waals surface area contributed by atoms with Crippen molar-refractivity contribution in [3.63, 3.8) is 0 Å². The number of anilines is 1. The predicted molar refractivity (Wildman–Crippen MR) is 122 cm³/mol. The van der Waals surface area contributed by atoms with Crippen LogP contribution < -0.4 is 10.6 Å². The van der Waals surface area contributed by atoms with E-state index < -0.39 is 5.41 Å². The minimum absolute atomic E-state index is 0.00442. The lowest BCUT2D eigenvalue weighted by molar-refractivity contribution is -0.133. The molecule has 4 amide bonds. The van der Waals surface area contributed by atoms with E-state index in [1.165, 1.54) is 0 Å². The number of fused-ring (bicyclic) bond motifs is 2. The first-order valence-electron chi connectivity index (χ1n) is 11.8. The third-order valence-corrected chi connectivity index (χ3v) is 7.88. The van der Waals surface area contributed by atoms with Crippen molar-refractivity contribution in [1.82, 2.24) is 20.1 Å². The van der Waals surface area contributed by atoms with Crippen molar-refractivity contribution in [3.05, 3.63) is 24.5 Å². The van der Waals surface area contributed by atoms with Crippen LogP contribution >= 0.6 is 0 Å². The minimum atomic E-state index is -0.499. The molecule has 1 aromatic heterocycles. The normalized spacial score (nSPS) is 26.3. The molecule has 8 heteroatoms. The van der Waals surface area contributed by atoms with Gasteiger partial charge in [0.2, 0.25) is 11.8 Å². The number of urea groups is 1. The second-order valence-corrected chi connectivity index (χ2v) is 10.2. The average Bonchev–Trinajstić information content (AvgIpc) is 3.31. The molecule has 8 nitrogen and oxygen atoms in total. The summed E-state index contributed by atoms with van der Waals surface area (Å²) in [5, 5.41) is 6.08. The maximum Gasteiger partial charge on any atom is 0.321 e. The van der Waals surface area contributed by atoms with E-state index in [2.05, 4.69) is 29.5 Å². The zero-order valence-corrected chi connectivity index (χ0v) is 19.4. The molecule has 0 bridgehead atoms. The Balaban J connectivity index is 1.46. The van der Waals surface area contributed by atoms with Crippen molar-refractivity contribution in [2.45, 2.75) is 46.5 Å². The van der Waals surface area contributed by atoms with Crippen molar-refractivity contribution < 1.29 is 14.4 Å². The van der Waals surface area contributed by atoms with Crippen LogP contribution in [-0.2, 0) is 9.59 Å². The van der Waals surface area contributed by atoms with Gasteiger partial charge in [-0.05, 0) is 55.1 Å². The highest BCUT2D eigenvalue weighted by Crippen LogP contribution is 2.62. The Morgan fingerprint density at radius 3 is 2.53 bits per heavy atom. The number of hydrogen-bond donors (Lipinski definition) is 2. The fourth-order valence-electron chi connectivity index (χ4n) is 6.04. The highest BCUT2D eigenvalue weighted by molar-refractivity contribution is 5.89. The Bertz CT molecular complexity index is 866. The molecular formula is C24H35N5O3. The zero-order valence-electron chi connectivity index (χ0n) is 19.4. The van der Waals surface area contributed by atoms with E-state index in [9.17, 15) is 14.4 Å². The fraction of sp³-hybridized carbons (Fsp3) is 0.667. The van der Waals surface area contributed by atoms with Gasteiger partial charge >= 0.3 is 6.03 Å². The van der Waals surface area contributed by atoms with Crippen molar-refractivity contribution in [1.29, 1.82) is 0 Å². The van der Waals surface area contributed by atoms with Gasteiger partial charge in [-0.25, -0.2) is 4.79 Å².